The van der Waals surface area contributed by atoms with Crippen molar-refractivity contribution < 1.29 is 14.3 Å². The van der Waals surface area contributed by atoms with E-state index in [2.05, 4.69) is 9.97 Å². The van der Waals surface area contributed by atoms with Crippen LogP contribution in [0.4, 0.5) is 10.2 Å². The summed E-state index contributed by atoms with van der Waals surface area (Å²) in [6, 6.07) is 14.7. The van der Waals surface area contributed by atoms with Gasteiger partial charge in [0.1, 0.15) is 12.1 Å². The second kappa shape index (κ2) is 9.12. The van der Waals surface area contributed by atoms with Crippen LogP contribution in [0, 0.1) is 5.82 Å². The van der Waals surface area contributed by atoms with Crippen LogP contribution in [0.25, 0.3) is 0 Å². The summed E-state index contributed by atoms with van der Waals surface area (Å²) in [5.74, 6) is -0.196. The lowest BCUT2D eigenvalue weighted by Gasteiger charge is -2.26. The Hall–Kier alpha value is -3.48. The van der Waals surface area contributed by atoms with E-state index in [9.17, 15) is 9.90 Å². The average Bonchev–Trinajstić information content (AvgIpc) is 3.24. The van der Waals surface area contributed by atoms with Crippen LogP contribution < -0.4 is 10.6 Å². The molecule has 0 saturated carbocycles. The molecule has 0 aliphatic carbocycles. The summed E-state index contributed by atoms with van der Waals surface area (Å²) in [5, 5.41) is 9.55. The minimum Gasteiger partial charge on any atom is -0.508 e. The molecule has 6 nitrogen and oxygen atoms in total. The first kappa shape index (κ1) is 20.8. The van der Waals surface area contributed by atoms with Gasteiger partial charge >= 0.3 is 0 Å². The van der Waals surface area contributed by atoms with Gasteiger partial charge in [0.05, 0.1) is 18.2 Å². The first-order chi connectivity index (χ1) is 15.0. The van der Waals surface area contributed by atoms with Crippen molar-refractivity contribution in [3.63, 3.8) is 0 Å². The normalized spacial score (nSPS) is 15.9. The number of anilines is 1. The minimum atomic E-state index is -0.376. The monoisotopic (exact) mass is 420 g/mol. The second-order valence-corrected chi connectivity index (χ2v) is 7.86. The van der Waals surface area contributed by atoms with Gasteiger partial charge in [0, 0.05) is 6.54 Å². The van der Waals surface area contributed by atoms with Crippen molar-refractivity contribution in [3.8, 4) is 5.75 Å². The topological polar surface area (TPSA) is 92.3 Å². The van der Waals surface area contributed by atoms with Gasteiger partial charge in [-0.2, -0.15) is 0 Å². The molecule has 1 aromatic heterocycles. The van der Waals surface area contributed by atoms with E-state index in [4.69, 9.17) is 5.73 Å². The maximum Gasteiger partial charge on any atom is 0.221 e. The zero-order valence-electron chi connectivity index (χ0n) is 17.2. The van der Waals surface area contributed by atoms with Crippen LogP contribution in [0.15, 0.2) is 54.9 Å². The third-order valence-electron chi connectivity index (χ3n) is 5.70. The molecule has 2 heterocycles. The van der Waals surface area contributed by atoms with Gasteiger partial charge in [-0.05, 0) is 54.5 Å². The minimum absolute atomic E-state index is 0.0238. The smallest absolute Gasteiger partial charge is 0.221 e. The lowest BCUT2D eigenvalue weighted by Crippen LogP contribution is -2.25. The van der Waals surface area contributed by atoms with Crippen molar-refractivity contribution in [1.29, 1.82) is 0 Å². The van der Waals surface area contributed by atoms with Crippen molar-refractivity contribution in [3.05, 3.63) is 83.1 Å². The molecule has 0 bridgehead atoms. The highest BCUT2D eigenvalue weighted by molar-refractivity contribution is 5.76. The van der Waals surface area contributed by atoms with Crippen molar-refractivity contribution in [2.24, 2.45) is 5.73 Å². The van der Waals surface area contributed by atoms with Crippen molar-refractivity contribution in [1.82, 2.24) is 9.97 Å². The van der Waals surface area contributed by atoms with Gasteiger partial charge in [-0.3, -0.25) is 4.79 Å². The number of carbonyl (C=O) groups excluding carboxylic acids is 1. The maximum atomic E-state index is 15.3. The molecule has 160 valence electrons. The highest BCUT2D eigenvalue weighted by atomic mass is 19.1. The Labute approximate surface area is 180 Å². The lowest BCUT2D eigenvalue weighted by atomic mass is 10.0. The van der Waals surface area contributed by atoms with E-state index in [1.165, 1.54) is 6.33 Å². The first-order valence-electron chi connectivity index (χ1n) is 10.4. The van der Waals surface area contributed by atoms with Gasteiger partial charge in [0.25, 0.3) is 0 Å². The van der Waals surface area contributed by atoms with E-state index in [1.54, 1.807) is 12.1 Å². The molecule has 1 unspecified atom stereocenters. The number of phenolic OH excluding ortho intramolecular Hbond substituents is 1. The highest BCUT2D eigenvalue weighted by Gasteiger charge is 2.30. The third kappa shape index (κ3) is 4.82. The number of nitrogens with zero attached hydrogens (tertiary/aromatic N) is 3. The summed E-state index contributed by atoms with van der Waals surface area (Å²) < 4.78 is 15.3. The fourth-order valence-corrected chi connectivity index (χ4v) is 4.12. The Morgan fingerprint density at radius 3 is 2.48 bits per heavy atom. The average molecular weight is 420 g/mol. The Morgan fingerprint density at radius 1 is 1.06 bits per heavy atom. The molecule has 1 fully saturated rings. The van der Waals surface area contributed by atoms with Crippen LogP contribution in [-0.4, -0.2) is 27.5 Å². The number of phenols is 1. The fourth-order valence-electron chi connectivity index (χ4n) is 4.12. The standard InChI is InChI=1S/C24H25FN4O2/c25-23-20(12-7-16-3-5-17(6-4-16)14-22(26)31)27-15-28-24(23)29-13-1-2-21(29)18-8-10-19(30)11-9-18/h3-6,8-11,15,21,30H,1-2,7,12-14H2,(H2,26,31). The molecule has 1 aliphatic heterocycles. The van der Waals surface area contributed by atoms with Crippen molar-refractivity contribution in [2.75, 3.05) is 11.4 Å². The summed E-state index contributed by atoms with van der Waals surface area (Å²) in [4.78, 5) is 21.5. The zero-order chi connectivity index (χ0) is 21.8. The Balaban J connectivity index is 1.49. The number of amides is 1. The van der Waals surface area contributed by atoms with E-state index in [0.29, 0.717) is 24.4 Å². The van der Waals surface area contributed by atoms with E-state index < -0.39 is 0 Å². The fraction of sp³-hybridized carbons (Fsp3) is 0.292. The molecule has 0 radical (unpaired) electrons. The number of benzene rings is 2. The molecule has 3 aromatic rings. The van der Waals surface area contributed by atoms with Gasteiger partial charge in [-0.25, -0.2) is 14.4 Å². The number of aromatic nitrogens is 2. The quantitative estimate of drug-likeness (QED) is 0.611. The number of hydrogen-bond donors (Lipinski definition) is 2. The molecule has 3 N–H and O–H groups in total. The van der Waals surface area contributed by atoms with Gasteiger partial charge in [0.2, 0.25) is 5.91 Å². The van der Waals surface area contributed by atoms with E-state index in [0.717, 1.165) is 36.1 Å². The zero-order valence-corrected chi connectivity index (χ0v) is 17.2. The third-order valence-corrected chi connectivity index (χ3v) is 5.70. The van der Waals surface area contributed by atoms with Crippen LogP contribution >= 0.6 is 0 Å². The van der Waals surface area contributed by atoms with Gasteiger partial charge in [-0.1, -0.05) is 36.4 Å². The van der Waals surface area contributed by atoms with Crippen LogP contribution in [0.3, 0.4) is 0 Å². The summed E-state index contributed by atoms with van der Waals surface area (Å²) in [6.45, 7) is 0.722. The Bertz CT molecular complexity index is 1050. The second-order valence-electron chi connectivity index (χ2n) is 7.86. The largest absolute Gasteiger partial charge is 0.508 e. The van der Waals surface area contributed by atoms with E-state index in [1.807, 2.05) is 41.3 Å². The number of rotatable bonds is 7. The molecule has 1 amide bonds. The lowest BCUT2D eigenvalue weighted by molar-refractivity contribution is -0.117. The first-order valence-corrected chi connectivity index (χ1v) is 10.4. The summed E-state index contributed by atoms with van der Waals surface area (Å²) >= 11 is 0. The molecule has 2 aromatic carbocycles. The van der Waals surface area contributed by atoms with Crippen LogP contribution in [0.1, 0.15) is 41.3 Å². The predicted molar refractivity (Wildman–Crippen MR) is 116 cm³/mol. The Morgan fingerprint density at radius 2 is 1.77 bits per heavy atom. The molecule has 0 spiro atoms. The summed E-state index contributed by atoms with van der Waals surface area (Å²) in [5.41, 5.74) is 8.55. The number of halogens is 1. The number of primary amides is 1. The van der Waals surface area contributed by atoms with Crippen molar-refractivity contribution in [2.45, 2.75) is 38.1 Å². The highest BCUT2D eigenvalue weighted by Crippen LogP contribution is 2.37. The van der Waals surface area contributed by atoms with Crippen molar-refractivity contribution >= 4 is 11.7 Å². The van der Waals surface area contributed by atoms with E-state index >= 15 is 4.39 Å². The Kier molecular flexibility index (Phi) is 6.11. The van der Waals surface area contributed by atoms with Gasteiger partial charge in [-0.15, -0.1) is 0 Å². The van der Waals surface area contributed by atoms with Gasteiger partial charge < -0.3 is 15.7 Å². The van der Waals surface area contributed by atoms with Crippen LogP contribution in [0.5, 0.6) is 5.75 Å². The molecule has 1 atom stereocenters. The van der Waals surface area contributed by atoms with Crippen LogP contribution in [-0.2, 0) is 24.1 Å². The molecule has 31 heavy (non-hydrogen) atoms. The maximum absolute atomic E-state index is 15.3. The molecular weight excluding hydrogens is 395 g/mol. The predicted octanol–water partition coefficient (Wildman–Crippen LogP) is 3.48. The van der Waals surface area contributed by atoms with E-state index in [-0.39, 0.29) is 29.9 Å². The molecule has 1 saturated heterocycles. The molecule has 4 rings (SSSR count). The number of aryl methyl sites for hydroxylation is 2. The summed E-state index contributed by atoms with van der Waals surface area (Å²) in [6.07, 6.45) is 4.57. The van der Waals surface area contributed by atoms with Gasteiger partial charge in [0.15, 0.2) is 11.6 Å². The molecular formula is C24H25FN4O2. The number of carbonyl (C=O) groups is 1. The molecule has 1 aliphatic rings. The number of nitrogens with two attached hydrogens (primary N) is 1. The SMILES string of the molecule is NC(=O)Cc1ccc(CCc2ncnc(N3CCCC3c3ccc(O)cc3)c2F)cc1. The number of aromatic hydroxyl groups is 1. The molecule has 7 heteroatoms. The van der Waals surface area contributed by atoms with Crippen LogP contribution in [0.2, 0.25) is 0 Å². The summed E-state index contributed by atoms with van der Waals surface area (Å²) in [7, 11) is 0. The number of hydrogen-bond acceptors (Lipinski definition) is 5.